The third-order valence-corrected chi connectivity index (χ3v) is 3.73. The Balaban J connectivity index is 1.83. The zero-order valence-corrected chi connectivity index (χ0v) is 12.0. The molecule has 8 nitrogen and oxygen atoms in total. The van der Waals surface area contributed by atoms with Crippen molar-refractivity contribution >= 4 is 11.6 Å². The van der Waals surface area contributed by atoms with Crippen molar-refractivity contribution < 1.29 is 9.72 Å². The van der Waals surface area contributed by atoms with Crippen molar-refractivity contribution in [2.24, 2.45) is 5.92 Å². The van der Waals surface area contributed by atoms with Gasteiger partial charge in [0.25, 0.3) is 11.6 Å². The number of likely N-dealkylation sites (tertiary alicyclic amines) is 1. The van der Waals surface area contributed by atoms with Gasteiger partial charge in [-0.3, -0.25) is 14.9 Å². The second-order valence-corrected chi connectivity index (χ2v) is 5.47. The van der Waals surface area contributed by atoms with Crippen LogP contribution < -0.4 is 0 Å². The largest absolute Gasteiger partial charge is 0.337 e. The Labute approximate surface area is 126 Å². The van der Waals surface area contributed by atoms with Gasteiger partial charge in [0.15, 0.2) is 5.69 Å². The number of nitrogens with zero attached hydrogens (tertiary/aromatic N) is 5. The molecule has 0 spiro atoms. The van der Waals surface area contributed by atoms with Crippen LogP contribution >= 0.6 is 0 Å². The van der Waals surface area contributed by atoms with Crippen LogP contribution in [-0.2, 0) is 0 Å². The minimum atomic E-state index is -0.474. The third kappa shape index (κ3) is 2.67. The number of benzene rings is 1. The van der Waals surface area contributed by atoms with Gasteiger partial charge in [-0.25, -0.2) is 4.68 Å². The first-order chi connectivity index (χ1) is 10.5. The molecule has 114 valence electrons. The highest BCUT2D eigenvalue weighted by molar-refractivity contribution is 5.92. The number of hydrogen-bond donors (Lipinski definition) is 0. The quantitative estimate of drug-likeness (QED) is 0.634. The van der Waals surface area contributed by atoms with Crippen molar-refractivity contribution in [2.75, 3.05) is 13.1 Å². The number of non-ortho nitro benzene ring substituents is 1. The van der Waals surface area contributed by atoms with Gasteiger partial charge in [0.1, 0.15) is 0 Å². The molecule has 2 aromatic rings. The van der Waals surface area contributed by atoms with Gasteiger partial charge in [-0.15, -0.1) is 5.10 Å². The molecule has 0 bridgehead atoms. The zero-order valence-electron chi connectivity index (χ0n) is 12.0. The summed E-state index contributed by atoms with van der Waals surface area (Å²) < 4.78 is 1.37. The summed E-state index contributed by atoms with van der Waals surface area (Å²) in [5.41, 5.74) is 0.713. The minimum absolute atomic E-state index is 0.0331. The van der Waals surface area contributed by atoms with Crippen LogP contribution in [0.2, 0.25) is 0 Å². The molecule has 1 aliphatic rings. The molecule has 1 fully saturated rings. The maximum atomic E-state index is 12.3. The monoisotopic (exact) mass is 301 g/mol. The van der Waals surface area contributed by atoms with E-state index in [0.29, 0.717) is 11.6 Å². The molecule has 1 unspecified atom stereocenters. The van der Waals surface area contributed by atoms with Crippen molar-refractivity contribution in [1.82, 2.24) is 19.9 Å². The Morgan fingerprint density at radius 1 is 1.45 bits per heavy atom. The number of amides is 1. The molecule has 0 radical (unpaired) electrons. The van der Waals surface area contributed by atoms with Gasteiger partial charge < -0.3 is 4.90 Å². The maximum absolute atomic E-state index is 12.3. The lowest BCUT2D eigenvalue weighted by atomic mass is 10.2. The lowest BCUT2D eigenvalue weighted by Gasteiger charge is -2.13. The topological polar surface area (TPSA) is 94.2 Å². The van der Waals surface area contributed by atoms with Crippen LogP contribution in [-0.4, -0.2) is 43.8 Å². The number of carbonyl (C=O) groups excluding carboxylic acids is 1. The van der Waals surface area contributed by atoms with E-state index >= 15 is 0 Å². The number of rotatable bonds is 3. The van der Waals surface area contributed by atoms with Crippen LogP contribution in [0.4, 0.5) is 5.69 Å². The van der Waals surface area contributed by atoms with Crippen molar-refractivity contribution in [3.8, 4) is 5.69 Å². The minimum Gasteiger partial charge on any atom is -0.337 e. The van der Waals surface area contributed by atoms with E-state index in [2.05, 4.69) is 17.2 Å². The Hall–Kier alpha value is -2.77. The molecule has 8 heteroatoms. The molecule has 1 saturated heterocycles. The van der Waals surface area contributed by atoms with E-state index in [0.717, 1.165) is 19.5 Å². The molecule has 1 amide bonds. The predicted molar refractivity (Wildman–Crippen MR) is 77.7 cm³/mol. The number of aromatic nitrogens is 3. The van der Waals surface area contributed by atoms with Gasteiger partial charge in [-0.1, -0.05) is 18.2 Å². The van der Waals surface area contributed by atoms with Crippen LogP contribution in [0.1, 0.15) is 23.8 Å². The summed E-state index contributed by atoms with van der Waals surface area (Å²) in [7, 11) is 0. The van der Waals surface area contributed by atoms with Gasteiger partial charge in [0, 0.05) is 25.2 Å². The van der Waals surface area contributed by atoms with Crippen LogP contribution in [0.3, 0.4) is 0 Å². The fraction of sp³-hybridized carbons (Fsp3) is 0.357. The van der Waals surface area contributed by atoms with Crippen molar-refractivity contribution in [1.29, 1.82) is 0 Å². The lowest BCUT2D eigenvalue weighted by molar-refractivity contribution is -0.384. The van der Waals surface area contributed by atoms with Crippen LogP contribution in [0, 0.1) is 16.0 Å². The molecule has 22 heavy (non-hydrogen) atoms. The van der Waals surface area contributed by atoms with E-state index in [1.807, 2.05) is 0 Å². The van der Waals surface area contributed by atoms with Gasteiger partial charge >= 0.3 is 0 Å². The van der Waals surface area contributed by atoms with E-state index in [1.54, 1.807) is 17.0 Å². The second kappa shape index (κ2) is 5.55. The standard InChI is InChI=1S/C14H15N5O3/c1-10-5-6-17(8-10)14(20)13-9-18(16-15-13)11-3-2-4-12(7-11)19(21)22/h2-4,7,9-10H,5-6,8H2,1H3. The maximum Gasteiger partial charge on any atom is 0.276 e. The molecule has 0 N–H and O–H groups in total. The molecule has 1 aromatic heterocycles. The number of hydrogen-bond acceptors (Lipinski definition) is 5. The first kappa shape index (κ1) is 14.2. The third-order valence-electron chi connectivity index (χ3n) is 3.73. The van der Waals surface area contributed by atoms with Gasteiger partial charge in [-0.2, -0.15) is 0 Å². The molecule has 2 heterocycles. The van der Waals surface area contributed by atoms with Crippen molar-refractivity contribution in [3.05, 3.63) is 46.3 Å². The Morgan fingerprint density at radius 2 is 2.27 bits per heavy atom. The normalized spacial score (nSPS) is 17.7. The number of nitro groups is 1. The Morgan fingerprint density at radius 3 is 2.95 bits per heavy atom. The summed E-state index contributed by atoms with van der Waals surface area (Å²) in [6, 6.07) is 6.03. The van der Waals surface area contributed by atoms with Crippen molar-refractivity contribution in [2.45, 2.75) is 13.3 Å². The zero-order chi connectivity index (χ0) is 15.7. The van der Waals surface area contributed by atoms with E-state index in [9.17, 15) is 14.9 Å². The second-order valence-electron chi connectivity index (χ2n) is 5.47. The number of carbonyl (C=O) groups is 1. The van der Waals surface area contributed by atoms with E-state index in [-0.39, 0.29) is 17.3 Å². The highest BCUT2D eigenvalue weighted by Crippen LogP contribution is 2.19. The summed E-state index contributed by atoms with van der Waals surface area (Å²) in [6.45, 7) is 3.55. The Bertz CT molecular complexity index is 727. The average molecular weight is 301 g/mol. The summed E-state index contributed by atoms with van der Waals surface area (Å²) in [5, 5.41) is 18.6. The molecular weight excluding hydrogens is 286 g/mol. The van der Waals surface area contributed by atoms with Crippen LogP contribution in [0.15, 0.2) is 30.5 Å². The SMILES string of the molecule is CC1CCN(C(=O)c2cn(-c3cccc([N+](=O)[O-])c3)nn2)C1. The first-order valence-electron chi connectivity index (χ1n) is 7.01. The van der Waals surface area contributed by atoms with Crippen molar-refractivity contribution in [3.63, 3.8) is 0 Å². The van der Waals surface area contributed by atoms with Gasteiger partial charge in [0.2, 0.25) is 0 Å². The highest BCUT2D eigenvalue weighted by Gasteiger charge is 2.26. The Kier molecular flexibility index (Phi) is 3.58. The highest BCUT2D eigenvalue weighted by atomic mass is 16.6. The summed E-state index contributed by atoms with van der Waals surface area (Å²) >= 11 is 0. The molecule has 3 rings (SSSR count). The summed E-state index contributed by atoms with van der Waals surface area (Å²) in [6.07, 6.45) is 2.50. The van der Waals surface area contributed by atoms with Gasteiger partial charge in [-0.05, 0) is 18.4 Å². The molecule has 1 aliphatic heterocycles. The summed E-state index contributed by atoms with van der Waals surface area (Å²) in [5.74, 6) is 0.344. The molecule has 0 aliphatic carbocycles. The number of nitro benzene ring substituents is 1. The molecule has 1 atom stereocenters. The fourth-order valence-corrected chi connectivity index (χ4v) is 2.52. The summed E-state index contributed by atoms with van der Waals surface area (Å²) in [4.78, 5) is 24.4. The van der Waals surface area contributed by atoms with E-state index in [1.165, 1.54) is 23.0 Å². The van der Waals surface area contributed by atoms with Gasteiger partial charge in [0.05, 0.1) is 16.8 Å². The molecular formula is C14H15N5O3. The smallest absolute Gasteiger partial charge is 0.276 e. The molecule has 0 saturated carbocycles. The fourth-order valence-electron chi connectivity index (χ4n) is 2.52. The molecule has 1 aromatic carbocycles. The predicted octanol–water partition coefficient (Wildman–Crippen LogP) is 1.66. The first-order valence-corrected chi connectivity index (χ1v) is 7.01. The average Bonchev–Trinajstić information content (AvgIpc) is 3.15. The van der Waals surface area contributed by atoms with Crippen LogP contribution in [0.5, 0.6) is 0 Å². The van der Waals surface area contributed by atoms with E-state index in [4.69, 9.17) is 0 Å². The van der Waals surface area contributed by atoms with E-state index < -0.39 is 4.92 Å². The lowest BCUT2D eigenvalue weighted by Crippen LogP contribution is -2.28. The van der Waals surface area contributed by atoms with Crippen LogP contribution in [0.25, 0.3) is 5.69 Å².